The van der Waals surface area contributed by atoms with Crippen LogP contribution in [-0.2, 0) is 0 Å². The van der Waals surface area contributed by atoms with Gasteiger partial charge in [-0.1, -0.05) is 51.5 Å². The number of aromatic hydroxyl groups is 1. The number of carbonyl (C=O) groups is 1. The summed E-state index contributed by atoms with van der Waals surface area (Å²) in [5.74, 6) is -0.517. The van der Waals surface area contributed by atoms with Crippen LogP contribution in [0.4, 0.5) is 5.82 Å². The van der Waals surface area contributed by atoms with Gasteiger partial charge in [0.2, 0.25) is 11.6 Å². The molecule has 0 aliphatic rings. The number of hydrazone groups is 1. The Morgan fingerprint density at radius 1 is 1.23 bits per heavy atom. The van der Waals surface area contributed by atoms with E-state index in [0.29, 0.717) is 16.8 Å². The number of nitrogen functional groups attached to an aromatic ring is 1. The van der Waals surface area contributed by atoms with E-state index in [9.17, 15) is 9.90 Å². The second-order valence-corrected chi connectivity index (χ2v) is 6.86. The highest BCUT2D eigenvalue weighted by Gasteiger charge is 2.24. The van der Waals surface area contributed by atoms with Crippen molar-refractivity contribution in [3.05, 3.63) is 64.3 Å². The van der Waals surface area contributed by atoms with E-state index in [1.165, 1.54) is 17.0 Å². The fourth-order valence-corrected chi connectivity index (χ4v) is 3.00. The van der Waals surface area contributed by atoms with Gasteiger partial charge in [0.25, 0.3) is 5.91 Å². The van der Waals surface area contributed by atoms with Gasteiger partial charge < -0.3 is 10.8 Å². The van der Waals surface area contributed by atoms with Crippen molar-refractivity contribution in [2.24, 2.45) is 5.10 Å². The first-order valence-corrected chi connectivity index (χ1v) is 9.25. The quantitative estimate of drug-likeness (QED) is 0.296. The van der Waals surface area contributed by atoms with Gasteiger partial charge in [0.15, 0.2) is 5.69 Å². The lowest BCUT2D eigenvalue weighted by Crippen LogP contribution is -2.19. The van der Waals surface area contributed by atoms with Gasteiger partial charge in [-0.2, -0.15) is 9.78 Å². The number of nitrogens with zero attached hydrogens (tertiary/aromatic N) is 6. The van der Waals surface area contributed by atoms with Crippen molar-refractivity contribution in [3.63, 3.8) is 0 Å². The molecular formula is C18H13BrN8O3. The first kappa shape index (κ1) is 19.3. The number of phenols is 1. The zero-order valence-electron chi connectivity index (χ0n) is 15.1. The minimum absolute atomic E-state index is 0.00723. The number of amides is 1. The molecular weight excluding hydrogens is 456 g/mol. The van der Waals surface area contributed by atoms with Gasteiger partial charge in [-0.05, 0) is 28.5 Å². The first-order valence-electron chi connectivity index (χ1n) is 8.46. The van der Waals surface area contributed by atoms with E-state index in [1.807, 2.05) is 6.07 Å². The Hall–Kier alpha value is -4.06. The predicted molar refractivity (Wildman–Crippen MR) is 110 cm³/mol. The highest BCUT2D eigenvalue weighted by molar-refractivity contribution is 9.10. The SMILES string of the molecule is Nc1nonc1-n1nnc(C(=O)N/N=C/c2cc(Br)ccc2O)c1-c1ccccc1. The van der Waals surface area contributed by atoms with Crippen molar-refractivity contribution < 1.29 is 14.5 Å². The predicted octanol–water partition coefficient (Wildman–Crippen LogP) is 2.13. The van der Waals surface area contributed by atoms with E-state index in [-0.39, 0.29) is 23.1 Å². The summed E-state index contributed by atoms with van der Waals surface area (Å²) in [5, 5.41) is 28.9. The van der Waals surface area contributed by atoms with Gasteiger partial charge in [-0.3, -0.25) is 4.79 Å². The molecule has 0 aliphatic carbocycles. The maximum Gasteiger partial charge on any atom is 0.294 e. The van der Waals surface area contributed by atoms with Crippen molar-refractivity contribution in [3.8, 4) is 22.8 Å². The van der Waals surface area contributed by atoms with Crippen LogP contribution in [0.2, 0.25) is 0 Å². The summed E-state index contributed by atoms with van der Waals surface area (Å²) in [4.78, 5) is 12.7. The zero-order valence-corrected chi connectivity index (χ0v) is 16.7. The highest BCUT2D eigenvalue weighted by Crippen LogP contribution is 2.26. The normalized spacial score (nSPS) is 11.1. The molecule has 0 saturated heterocycles. The molecule has 0 spiro atoms. The topological polar surface area (TPSA) is 157 Å². The number of halogens is 1. The van der Waals surface area contributed by atoms with Crippen molar-refractivity contribution in [2.75, 3.05) is 5.73 Å². The van der Waals surface area contributed by atoms with Crippen molar-refractivity contribution in [1.29, 1.82) is 0 Å². The molecule has 2 aromatic carbocycles. The van der Waals surface area contributed by atoms with Crippen LogP contribution in [0.25, 0.3) is 17.1 Å². The number of carbonyl (C=O) groups excluding carboxylic acids is 1. The number of nitrogens with one attached hydrogen (secondary N) is 1. The van der Waals surface area contributed by atoms with Gasteiger partial charge >= 0.3 is 0 Å². The Morgan fingerprint density at radius 3 is 2.77 bits per heavy atom. The molecule has 0 radical (unpaired) electrons. The Labute approximate surface area is 177 Å². The van der Waals surface area contributed by atoms with E-state index in [2.05, 4.69) is 51.7 Å². The van der Waals surface area contributed by atoms with E-state index in [0.717, 1.165) is 4.47 Å². The molecule has 0 bridgehead atoms. The number of benzene rings is 2. The first-order chi connectivity index (χ1) is 14.5. The van der Waals surface area contributed by atoms with Gasteiger partial charge in [-0.15, -0.1) is 5.10 Å². The summed E-state index contributed by atoms with van der Waals surface area (Å²) < 4.78 is 6.64. The molecule has 0 aliphatic heterocycles. The summed E-state index contributed by atoms with van der Waals surface area (Å²) in [6, 6.07) is 13.8. The lowest BCUT2D eigenvalue weighted by molar-refractivity contribution is 0.0950. The average Bonchev–Trinajstić information content (AvgIpc) is 3.37. The third-order valence-corrected chi connectivity index (χ3v) is 4.48. The van der Waals surface area contributed by atoms with Crippen LogP contribution < -0.4 is 11.2 Å². The standard InChI is InChI=1S/C18H13BrN8O3/c19-12-6-7-13(28)11(8-12)9-21-23-18(29)14-15(10-4-2-1-3-5-10)27(26-22-14)17-16(20)24-30-25-17/h1-9,28H,(H2,20,24)(H,23,29)/b21-9+. The molecule has 11 nitrogen and oxygen atoms in total. The average molecular weight is 469 g/mol. The Morgan fingerprint density at radius 2 is 2.03 bits per heavy atom. The van der Waals surface area contributed by atoms with Crippen molar-refractivity contribution in [2.45, 2.75) is 0 Å². The third-order valence-electron chi connectivity index (χ3n) is 3.99. The summed E-state index contributed by atoms with van der Waals surface area (Å²) in [6.45, 7) is 0. The Bertz CT molecular complexity index is 1240. The van der Waals surface area contributed by atoms with E-state index in [1.54, 1.807) is 36.4 Å². The molecule has 2 heterocycles. The lowest BCUT2D eigenvalue weighted by Gasteiger charge is -2.05. The third kappa shape index (κ3) is 3.75. The van der Waals surface area contributed by atoms with Gasteiger partial charge in [0.05, 0.1) is 6.21 Å². The molecule has 4 aromatic rings. The monoisotopic (exact) mass is 468 g/mol. The minimum atomic E-state index is -0.624. The second-order valence-electron chi connectivity index (χ2n) is 5.94. The van der Waals surface area contributed by atoms with Crippen LogP contribution in [0, 0.1) is 0 Å². The van der Waals surface area contributed by atoms with Crippen LogP contribution in [0.5, 0.6) is 5.75 Å². The van der Waals surface area contributed by atoms with Crippen LogP contribution >= 0.6 is 15.9 Å². The van der Waals surface area contributed by atoms with Gasteiger partial charge in [-0.25, -0.2) is 10.1 Å². The van der Waals surface area contributed by atoms with Gasteiger partial charge in [0.1, 0.15) is 11.4 Å². The maximum atomic E-state index is 12.7. The van der Waals surface area contributed by atoms with Crippen LogP contribution in [-0.4, -0.2) is 42.5 Å². The fourth-order valence-electron chi connectivity index (χ4n) is 2.62. The van der Waals surface area contributed by atoms with Crippen LogP contribution in [0.15, 0.2) is 62.7 Å². The Balaban J connectivity index is 1.68. The number of nitrogens with two attached hydrogens (primary N) is 1. The molecule has 12 heteroatoms. The summed E-state index contributed by atoms with van der Waals surface area (Å²) >= 11 is 3.31. The van der Waals surface area contributed by atoms with E-state index in [4.69, 9.17) is 5.73 Å². The van der Waals surface area contributed by atoms with E-state index >= 15 is 0 Å². The summed E-state index contributed by atoms with van der Waals surface area (Å²) in [6.07, 6.45) is 1.31. The summed E-state index contributed by atoms with van der Waals surface area (Å²) in [7, 11) is 0. The fraction of sp³-hybridized carbons (Fsp3) is 0. The molecule has 30 heavy (non-hydrogen) atoms. The number of hydrogen-bond donors (Lipinski definition) is 3. The lowest BCUT2D eigenvalue weighted by atomic mass is 10.1. The second kappa shape index (κ2) is 8.13. The molecule has 4 N–H and O–H groups in total. The van der Waals surface area contributed by atoms with Crippen LogP contribution in [0.3, 0.4) is 0 Å². The van der Waals surface area contributed by atoms with Crippen molar-refractivity contribution >= 4 is 33.9 Å². The number of rotatable bonds is 5. The number of aromatic nitrogens is 5. The number of phenolic OH excluding ortho intramolecular Hbond substituents is 1. The van der Waals surface area contributed by atoms with Crippen LogP contribution in [0.1, 0.15) is 16.1 Å². The molecule has 2 aromatic heterocycles. The minimum Gasteiger partial charge on any atom is -0.507 e. The molecule has 150 valence electrons. The maximum absolute atomic E-state index is 12.7. The molecule has 0 fully saturated rings. The van der Waals surface area contributed by atoms with E-state index < -0.39 is 5.91 Å². The Kier molecular flexibility index (Phi) is 5.22. The molecule has 4 rings (SSSR count). The molecule has 0 atom stereocenters. The summed E-state index contributed by atoms with van der Waals surface area (Å²) in [5.41, 5.74) is 9.52. The van der Waals surface area contributed by atoms with Crippen molar-refractivity contribution in [1.82, 2.24) is 30.7 Å². The molecule has 1 amide bonds. The highest BCUT2D eigenvalue weighted by atomic mass is 79.9. The molecule has 0 saturated carbocycles. The largest absolute Gasteiger partial charge is 0.507 e. The number of hydrogen-bond acceptors (Lipinski definition) is 9. The smallest absolute Gasteiger partial charge is 0.294 e. The molecule has 0 unspecified atom stereocenters. The van der Waals surface area contributed by atoms with Gasteiger partial charge in [0, 0.05) is 15.6 Å². The zero-order chi connectivity index (χ0) is 21.1. The number of anilines is 1.